The first-order valence-electron chi connectivity index (χ1n) is 12.7. The van der Waals surface area contributed by atoms with Crippen LogP contribution in [-0.4, -0.2) is 61.3 Å². The number of anilines is 1. The molecule has 1 aliphatic heterocycles. The van der Waals surface area contributed by atoms with Crippen LogP contribution in [-0.2, 0) is 18.4 Å². The molecule has 5 rings (SSSR count). The van der Waals surface area contributed by atoms with Crippen molar-refractivity contribution in [3.8, 4) is 0 Å². The molecule has 1 fully saturated rings. The third kappa shape index (κ3) is 4.26. The number of ether oxygens (including phenoxy) is 1. The predicted octanol–water partition coefficient (Wildman–Crippen LogP) is 3.56. The third-order valence-electron chi connectivity index (χ3n) is 7.63. The van der Waals surface area contributed by atoms with Gasteiger partial charge in [0.05, 0.1) is 35.2 Å². The maximum Gasteiger partial charge on any atom is 0.267 e. The number of fused-ring (bicyclic) bond motifs is 2. The van der Waals surface area contributed by atoms with E-state index in [-0.39, 0.29) is 17.6 Å². The van der Waals surface area contributed by atoms with Gasteiger partial charge >= 0.3 is 0 Å². The number of hydrogen-bond acceptors (Lipinski definition) is 7. The smallest absolute Gasteiger partial charge is 0.267 e. The lowest BCUT2D eigenvalue weighted by atomic mass is 9.96. The van der Waals surface area contributed by atoms with E-state index in [9.17, 15) is 4.79 Å². The van der Waals surface area contributed by atoms with E-state index in [2.05, 4.69) is 58.7 Å². The van der Waals surface area contributed by atoms with Crippen LogP contribution in [0.5, 0.6) is 0 Å². The highest BCUT2D eigenvalue weighted by atomic mass is 16.5. The summed E-state index contributed by atoms with van der Waals surface area (Å²) in [5.41, 5.74) is 5.55. The number of hydrogen-bond donors (Lipinski definition) is 0. The van der Waals surface area contributed by atoms with Crippen molar-refractivity contribution in [3.05, 3.63) is 64.5 Å². The zero-order valence-electron chi connectivity index (χ0n) is 21.8. The first kappa shape index (κ1) is 24.4. The van der Waals surface area contributed by atoms with Crippen LogP contribution in [0.2, 0.25) is 0 Å². The zero-order chi connectivity index (χ0) is 25.4. The van der Waals surface area contributed by atoms with Crippen LogP contribution in [0.4, 0.5) is 5.69 Å². The highest BCUT2D eigenvalue weighted by molar-refractivity contribution is 5.74. The Morgan fingerprint density at radius 3 is 2.53 bits per heavy atom. The van der Waals surface area contributed by atoms with Gasteiger partial charge in [-0.2, -0.15) is 0 Å². The fourth-order valence-electron chi connectivity index (χ4n) is 5.52. The summed E-state index contributed by atoms with van der Waals surface area (Å²) in [5, 5.41) is 0. The van der Waals surface area contributed by atoms with Crippen molar-refractivity contribution in [2.24, 2.45) is 7.05 Å². The van der Waals surface area contributed by atoms with E-state index in [0.29, 0.717) is 12.6 Å². The lowest BCUT2D eigenvalue weighted by Gasteiger charge is -2.49. The molecule has 0 aliphatic carbocycles. The molecule has 0 radical (unpaired) electrons. The molecular formula is C27H35N7O2. The van der Waals surface area contributed by atoms with E-state index in [1.54, 1.807) is 37.3 Å². The van der Waals surface area contributed by atoms with Crippen molar-refractivity contribution in [2.75, 3.05) is 25.1 Å². The van der Waals surface area contributed by atoms with Gasteiger partial charge in [-0.1, -0.05) is 19.9 Å². The first-order chi connectivity index (χ1) is 17.4. The first-order valence-corrected chi connectivity index (χ1v) is 12.7. The quantitative estimate of drug-likeness (QED) is 0.393. The van der Waals surface area contributed by atoms with Crippen molar-refractivity contribution >= 4 is 22.4 Å². The number of imidazole rings is 1. The van der Waals surface area contributed by atoms with Gasteiger partial charge < -0.3 is 9.64 Å². The van der Waals surface area contributed by atoms with Gasteiger partial charge in [-0.3, -0.25) is 19.7 Å². The minimum Gasteiger partial charge on any atom is -0.378 e. The molecular weight excluding hydrogens is 454 g/mol. The Balaban J connectivity index is 1.50. The van der Waals surface area contributed by atoms with E-state index >= 15 is 0 Å². The Bertz CT molecular complexity index is 1430. The summed E-state index contributed by atoms with van der Waals surface area (Å²) in [6.45, 7) is 8.89. The molecule has 3 atom stereocenters. The second-order valence-electron chi connectivity index (χ2n) is 9.68. The van der Waals surface area contributed by atoms with Crippen LogP contribution in [0.1, 0.15) is 50.9 Å². The molecule has 0 saturated carbocycles. The van der Waals surface area contributed by atoms with Crippen molar-refractivity contribution in [3.63, 3.8) is 0 Å². The SMILES string of the molecule is CC[C@H]1CN(C(C)c2ccc3nccnc3c2)[C@H](CC)CN1c1cc(=O)n(C)n2cc(COC)nc12. The fraction of sp³-hybridized carbons (Fsp3) is 0.481. The number of piperazine rings is 1. The molecule has 0 spiro atoms. The number of methoxy groups -OCH3 is 1. The Hall–Kier alpha value is -3.30. The molecule has 1 unspecified atom stereocenters. The summed E-state index contributed by atoms with van der Waals surface area (Å²) in [6.07, 6.45) is 7.35. The largest absolute Gasteiger partial charge is 0.378 e. The summed E-state index contributed by atoms with van der Waals surface area (Å²) in [6, 6.07) is 8.98. The Morgan fingerprint density at radius 2 is 1.81 bits per heavy atom. The Labute approximate surface area is 211 Å². The van der Waals surface area contributed by atoms with E-state index in [1.807, 2.05) is 10.7 Å². The molecule has 9 nitrogen and oxygen atoms in total. The van der Waals surface area contributed by atoms with Gasteiger partial charge in [-0.25, -0.2) is 14.2 Å². The topological polar surface area (TPSA) is 80.8 Å². The highest BCUT2D eigenvalue weighted by Gasteiger charge is 2.36. The van der Waals surface area contributed by atoms with Gasteiger partial charge in [0.2, 0.25) is 0 Å². The molecule has 1 aromatic carbocycles. The molecule has 9 heteroatoms. The number of nitrogens with zero attached hydrogens (tertiary/aromatic N) is 7. The molecule has 0 amide bonds. The van der Waals surface area contributed by atoms with Crippen molar-refractivity contribution < 1.29 is 4.74 Å². The standard InChI is InChI=1S/C27H35N7O2/c1-6-21-16-33(25-13-26(35)31(4)34-14-20(17-36-5)30-27(25)34)22(7-2)15-32(21)18(3)19-8-9-23-24(12-19)29-11-10-28-23/h8-14,18,21-22H,6-7,15-17H2,1-5H3/t18?,21-,22+/m1/s1. The van der Waals surface area contributed by atoms with Gasteiger partial charge in [0.1, 0.15) is 0 Å². The summed E-state index contributed by atoms with van der Waals surface area (Å²) < 4.78 is 8.76. The van der Waals surface area contributed by atoms with Gasteiger partial charge in [0.25, 0.3) is 5.56 Å². The Morgan fingerprint density at radius 1 is 1.06 bits per heavy atom. The third-order valence-corrected chi connectivity index (χ3v) is 7.63. The Kier molecular flexibility index (Phi) is 6.77. The van der Waals surface area contributed by atoms with Crippen LogP contribution >= 0.6 is 0 Å². The molecule has 0 N–H and O–H groups in total. The van der Waals surface area contributed by atoms with Crippen molar-refractivity contribution in [1.82, 2.24) is 29.0 Å². The molecule has 36 heavy (non-hydrogen) atoms. The molecule has 4 aromatic rings. The van der Waals surface area contributed by atoms with Crippen LogP contribution in [0.15, 0.2) is 47.7 Å². The van der Waals surface area contributed by atoms with Crippen LogP contribution in [0.25, 0.3) is 16.7 Å². The number of aryl methyl sites for hydroxylation is 1. The molecule has 0 bridgehead atoms. The predicted molar refractivity (Wildman–Crippen MR) is 141 cm³/mol. The van der Waals surface area contributed by atoms with Gasteiger partial charge in [-0.15, -0.1) is 0 Å². The number of aromatic nitrogens is 5. The van der Waals surface area contributed by atoms with Crippen LogP contribution < -0.4 is 10.5 Å². The average molecular weight is 490 g/mol. The molecule has 3 aromatic heterocycles. The van der Waals surface area contributed by atoms with Crippen molar-refractivity contribution in [2.45, 2.75) is 58.3 Å². The monoisotopic (exact) mass is 489 g/mol. The van der Waals surface area contributed by atoms with Gasteiger partial charge in [0.15, 0.2) is 5.65 Å². The number of rotatable bonds is 7. The lowest BCUT2D eigenvalue weighted by molar-refractivity contribution is 0.101. The van der Waals surface area contributed by atoms with E-state index in [1.165, 1.54) is 5.56 Å². The average Bonchev–Trinajstić information content (AvgIpc) is 3.33. The van der Waals surface area contributed by atoms with E-state index < -0.39 is 0 Å². The van der Waals surface area contributed by atoms with Crippen LogP contribution in [0, 0.1) is 0 Å². The minimum absolute atomic E-state index is 0.0464. The zero-order valence-corrected chi connectivity index (χ0v) is 21.8. The summed E-state index contributed by atoms with van der Waals surface area (Å²) >= 11 is 0. The molecule has 1 aliphatic rings. The van der Waals surface area contributed by atoms with Gasteiger partial charge in [-0.05, 0) is 37.5 Å². The fourth-order valence-corrected chi connectivity index (χ4v) is 5.52. The van der Waals surface area contributed by atoms with Crippen LogP contribution in [0.3, 0.4) is 0 Å². The summed E-state index contributed by atoms with van der Waals surface area (Å²) in [5.74, 6) is 0. The normalized spacial score (nSPS) is 19.9. The molecule has 1 saturated heterocycles. The van der Waals surface area contributed by atoms with Gasteiger partial charge in [0, 0.05) is 63.8 Å². The second-order valence-corrected chi connectivity index (χ2v) is 9.68. The van der Waals surface area contributed by atoms with E-state index in [0.717, 1.165) is 54.0 Å². The minimum atomic E-state index is -0.0464. The number of benzene rings is 1. The van der Waals surface area contributed by atoms with E-state index in [4.69, 9.17) is 9.72 Å². The molecule has 190 valence electrons. The summed E-state index contributed by atoms with van der Waals surface area (Å²) in [4.78, 5) is 31.7. The lowest BCUT2D eigenvalue weighted by Crippen LogP contribution is -2.59. The summed E-state index contributed by atoms with van der Waals surface area (Å²) in [7, 11) is 3.43. The highest BCUT2D eigenvalue weighted by Crippen LogP contribution is 2.34. The maximum atomic E-state index is 12.9. The second kappa shape index (κ2) is 9.99. The van der Waals surface area contributed by atoms with Crippen molar-refractivity contribution in [1.29, 1.82) is 0 Å². The maximum absolute atomic E-state index is 12.9. The molecule has 4 heterocycles.